The van der Waals surface area contributed by atoms with Crippen molar-refractivity contribution in [2.75, 3.05) is 53.7 Å². The van der Waals surface area contributed by atoms with E-state index in [1.54, 1.807) is 48.5 Å². The van der Waals surface area contributed by atoms with Crippen LogP contribution >= 0.6 is 0 Å². The molecule has 8 aromatic carbocycles. The molecule has 75 heavy (non-hydrogen) atoms. The van der Waals surface area contributed by atoms with Crippen LogP contribution in [0, 0.1) is 0 Å². The first-order chi connectivity index (χ1) is 35.9. The first kappa shape index (κ1) is 52.0. The van der Waals surface area contributed by atoms with Crippen molar-refractivity contribution in [3.8, 4) is 11.5 Å². The highest BCUT2D eigenvalue weighted by Crippen LogP contribution is 2.44. The smallest absolute Gasteiger partial charge is 0.296 e. The van der Waals surface area contributed by atoms with Crippen molar-refractivity contribution in [3.63, 3.8) is 0 Å². The molecule has 0 spiro atoms. The van der Waals surface area contributed by atoms with E-state index in [4.69, 9.17) is 21.7 Å². The molecule has 0 saturated heterocycles. The van der Waals surface area contributed by atoms with Gasteiger partial charge in [0.2, 0.25) is 0 Å². The van der Waals surface area contributed by atoms with Gasteiger partial charge in [-0.15, -0.1) is 20.5 Å². The number of rotatable bonds is 19. The van der Waals surface area contributed by atoms with Crippen molar-refractivity contribution in [2.24, 2.45) is 40.9 Å². The van der Waals surface area contributed by atoms with Gasteiger partial charge in [0, 0.05) is 46.5 Å². The number of fused-ring (bicyclic) bond motifs is 2. The van der Waals surface area contributed by atoms with Crippen molar-refractivity contribution >= 4 is 128 Å². The van der Waals surface area contributed by atoms with Gasteiger partial charge in [0.1, 0.15) is 32.5 Å². The number of nitrogen functional groups attached to an aromatic ring is 2. The minimum Gasteiger partial charge on any atom is -0.505 e. The van der Waals surface area contributed by atoms with Crippen LogP contribution in [0.15, 0.2) is 178 Å². The molecule has 0 fully saturated rings. The minimum absolute atomic E-state index is 0.0436. The standard InChI is InChI=1S/C49H43N13O11S2/c50-39-23-32(52-15-17-63)9-12-41(39)59-56-34-3-1-27-19-29(26-65)46(48(66)37(27)21-34)61-58-36-11-14-43(44(25-36)74(68,69)70)54-30-5-7-31(8-6-30)55-62-47-45(75(71,72)73)20-28-2-4-35(22-38(28)49(47)67)57-60-42-13-10-33(24-40(42)51)53-16-18-64/h1-14,19-26,52-54,63-64,66-67H,15-18,50-51H2,(H,68,69,70)(H,71,72,73). The van der Waals surface area contributed by atoms with Gasteiger partial charge in [-0.1, -0.05) is 12.1 Å². The summed E-state index contributed by atoms with van der Waals surface area (Å²) in [6.07, 6.45) is 0.460. The number of aliphatic hydroxyl groups is 2. The van der Waals surface area contributed by atoms with Crippen molar-refractivity contribution in [2.45, 2.75) is 9.79 Å². The second-order valence-electron chi connectivity index (χ2n) is 16.1. The number of benzene rings is 8. The number of carbonyl (C=O) groups excluding carboxylic acids is 1. The van der Waals surface area contributed by atoms with Crippen LogP contribution in [-0.4, -0.2) is 79.0 Å². The van der Waals surface area contributed by atoms with Crippen molar-refractivity contribution in [1.29, 1.82) is 0 Å². The summed E-state index contributed by atoms with van der Waals surface area (Å²) in [4.78, 5) is 10.8. The van der Waals surface area contributed by atoms with E-state index in [0.29, 0.717) is 64.6 Å². The van der Waals surface area contributed by atoms with E-state index in [0.717, 1.165) is 12.1 Å². The molecule has 24 nitrogen and oxygen atoms in total. The molecular formula is C49H43N13O11S2. The highest BCUT2D eigenvalue weighted by Gasteiger charge is 2.23. The van der Waals surface area contributed by atoms with Crippen LogP contribution in [0.5, 0.6) is 11.5 Å². The van der Waals surface area contributed by atoms with E-state index in [-0.39, 0.29) is 69.1 Å². The van der Waals surface area contributed by atoms with Crippen molar-refractivity contribution in [1.82, 2.24) is 0 Å². The predicted molar refractivity (Wildman–Crippen MR) is 282 cm³/mol. The van der Waals surface area contributed by atoms with Crippen LogP contribution < -0.4 is 27.4 Å². The number of phenols is 2. The van der Waals surface area contributed by atoms with Crippen LogP contribution in [0.4, 0.5) is 79.6 Å². The average Bonchev–Trinajstić information content (AvgIpc) is 3.38. The number of aromatic hydroxyl groups is 2. The predicted octanol–water partition coefficient (Wildman–Crippen LogP) is 11.1. The zero-order valence-corrected chi connectivity index (χ0v) is 40.4. The number of azo groups is 4. The maximum Gasteiger partial charge on any atom is 0.296 e. The summed E-state index contributed by atoms with van der Waals surface area (Å²) in [7, 11) is -9.87. The quantitative estimate of drug-likeness (QED) is 0.0155. The Balaban J connectivity index is 1.01. The van der Waals surface area contributed by atoms with Crippen molar-refractivity contribution in [3.05, 3.63) is 133 Å². The Morgan fingerprint density at radius 2 is 0.933 bits per heavy atom. The van der Waals surface area contributed by atoms with E-state index in [2.05, 4.69) is 56.9 Å². The molecule has 0 saturated carbocycles. The van der Waals surface area contributed by atoms with Gasteiger partial charge >= 0.3 is 0 Å². The number of carbonyl (C=O) groups is 1. The molecule has 0 bridgehead atoms. The monoisotopic (exact) mass is 1050 g/mol. The molecule has 0 atom stereocenters. The maximum absolute atomic E-state index is 12.7. The molecular weight excluding hydrogens is 1010 g/mol. The van der Waals surface area contributed by atoms with Crippen LogP contribution in [-0.2, 0) is 20.2 Å². The molecule has 0 unspecified atom stereocenters. The highest BCUT2D eigenvalue weighted by molar-refractivity contribution is 7.86. The summed E-state index contributed by atoms with van der Waals surface area (Å²) in [5.41, 5.74) is 14.8. The number of hydrogen-bond donors (Lipinski definition) is 11. The van der Waals surface area contributed by atoms with Gasteiger partial charge < -0.3 is 47.8 Å². The summed E-state index contributed by atoms with van der Waals surface area (Å²) >= 11 is 0. The lowest BCUT2D eigenvalue weighted by Crippen LogP contribution is -2.05. The molecule has 0 heterocycles. The van der Waals surface area contributed by atoms with Gasteiger partial charge in [0.25, 0.3) is 20.2 Å². The molecule has 0 aliphatic carbocycles. The number of nitrogens with one attached hydrogen (secondary N) is 3. The Morgan fingerprint density at radius 3 is 1.45 bits per heavy atom. The second-order valence-corrected chi connectivity index (χ2v) is 18.9. The molecule has 8 rings (SSSR count). The van der Waals surface area contributed by atoms with Crippen LogP contribution in [0.1, 0.15) is 10.4 Å². The molecule has 0 aliphatic heterocycles. The van der Waals surface area contributed by atoms with Crippen LogP contribution in [0.3, 0.4) is 0 Å². The number of nitrogens with zero attached hydrogens (tertiary/aromatic N) is 8. The number of nitrogens with two attached hydrogens (primary N) is 2. The molecule has 26 heteroatoms. The van der Waals surface area contributed by atoms with E-state index >= 15 is 0 Å². The van der Waals surface area contributed by atoms with Gasteiger partial charge in [-0.3, -0.25) is 13.9 Å². The number of hydrogen-bond acceptors (Lipinski definition) is 22. The van der Waals surface area contributed by atoms with Gasteiger partial charge in [-0.25, -0.2) is 0 Å². The Bertz CT molecular complexity index is 3880. The van der Waals surface area contributed by atoms with Gasteiger partial charge in [-0.2, -0.15) is 37.3 Å². The molecule has 0 aliphatic rings. The fourth-order valence-electron chi connectivity index (χ4n) is 7.32. The van der Waals surface area contributed by atoms with Gasteiger partial charge in [0.15, 0.2) is 17.8 Å². The fourth-order valence-corrected chi connectivity index (χ4v) is 8.65. The lowest BCUT2D eigenvalue weighted by molar-refractivity contribution is 0.112. The Morgan fingerprint density at radius 1 is 0.480 bits per heavy atom. The summed E-state index contributed by atoms with van der Waals surface area (Å²) < 4.78 is 70.6. The minimum atomic E-state index is -4.95. The van der Waals surface area contributed by atoms with Crippen LogP contribution in [0.2, 0.25) is 0 Å². The molecule has 8 aromatic rings. The fraction of sp³-hybridized carbons (Fsp3) is 0.0816. The SMILES string of the molecule is Nc1cc(NCCO)ccc1N=Nc1ccc2cc(C=O)c(N=Nc3ccc(Nc4ccc(N=Nc5c(S(=O)(=O)O)cc6ccc(N=Nc7ccc(NCCO)cc7N)cc6c5O)cc4)c(S(=O)(=O)O)c3)c(O)c2c1. The third kappa shape index (κ3) is 12.3. The molecule has 13 N–H and O–H groups in total. The molecule has 0 aromatic heterocycles. The number of phenolic OH excluding ortho intramolecular Hbond substituents is 2. The van der Waals surface area contributed by atoms with E-state index in [1.807, 2.05) is 0 Å². The van der Waals surface area contributed by atoms with E-state index < -0.39 is 47.2 Å². The summed E-state index contributed by atoms with van der Waals surface area (Å²) in [6, 6.07) is 30.9. The van der Waals surface area contributed by atoms with Gasteiger partial charge in [0.05, 0.1) is 53.0 Å². The summed E-state index contributed by atoms with van der Waals surface area (Å²) in [5, 5.41) is 83.6. The lowest BCUT2D eigenvalue weighted by Gasteiger charge is -2.11. The highest BCUT2D eigenvalue weighted by atomic mass is 32.2. The second kappa shape index (κ2) is 22.2. The van der Waals surface area contributed by atoms with E-state index in [9.17, 15) is 40.9 Å². The Hall–Kier alpha value is -9.31. The Kier molecular flexibility index (Phi) is 15.4. The first-order valence-electron chi connectivity index (χ1n) is 22.1. The normalized spacial score (nSPS) is 12.2. The molecule has 0 amide bonds. The topological polar surface area (TPSA) is 394 Å². The number of aliphatic hydroxyl groups excluding tert-OH is 2. The number of anilines is 6. The maximum atomic E-state index is 12.7. The largest absolute Gasteiger partial charge is 0.505 e. The molecule has 382 valence electrons. The lowest BCUT2D eigenvalue weighted by atomic mass is 10.0. The number of aldehydes is 1. The Labute approximate surface area is 426 Å². The summed E-state index contributed by atoms with van der Waals surface area (Å²) in [6.45, 7) is 0.520. The molecule has 0 radical (unpaired) electrons. The third-order valence-electron chi connectivity index (χ3n) is 10.9. The zero-order valence-electron chi connectivity index (χ0n) is 38.8. The van der Waals surface area contributed by atoms with Crippen molar-refractivity contribution < 1.29 is 51.2 Å². The van der Waals surface area contributed by atoms with Crippen LogP contribution in [0.25, 0.3) is 21.5 Å². The average molecular weight is 1050 g/mol. The third-order valence-corrected chi connectivity index (χ3v) is 12.7. The first-order valence-corrected chi connectivity index (χ1v) is 25.0. The zero-order chi connectivity index (χ0) is 53.4. The van der Waals surface area contributed by atoms with Gasteiger partial charge in [-0.05, 0) is 126 Å². The summed E-state index contributed by atoms with van der Waals surface area (Å²) in [5.74, 6) is -1.09. The van der Waals surface area contributed by atoms with E-state index in [1.165, 1.54) is 66.7 Å².